The first-order valence-corrected chi connectivity index (χ1v) is 7.84. The Morgan fingerprint density at radius 1 is 1.41 bits per heavy atom. The number of carbonyl (C=O) groups is 1. The third kappa shape index (κ3) is 4.41. The number of allylic oxidation sites excluding steroid dienone is 3. The highest BCUT2D eigenvalue weighted by Crippen LogP contribution is 2.26. The van der Waals surface area contributed by atoms with E-state index in [-0.39, 0.29) is 12.3 Å². The van der Waals surface area contributed by atoms with Crippen LogP contribution in [0, 0.1) is 5.41 Å². The van der Waals surface area contributed by atoms with Gasteiger partial charge in [-0.2, -0.15) is 0 Å². The van der Waals surface area contributed by atoms with E-state index in [2.05, 4.69) is 11.9 Å². The molecule has 0 fully saturated rings. The Balaban J connectivity index is 2.03. The molecule has 0 radical (unpaired) electrons. The summed E-state index contributed by atoms with van der Waals surface area (Å²) in [6.45, 7) is 3.73. The van der Waals surface area contributed by atoms with Crippen LogP contribution in [0.1, 0.15) is 10.4 Å². The van der Waals surface area contributed by atoms with Crippen LogP contribution in [-0.2, 0) is 11.2 Å². The van der Waals surface area contributed by atoms with Gasteiger partial charge in [-0.15, -0.1) is 11.3 Å². The minimum Gasteiger partial charge on any atom is -0.325 e. The van der Waals surface area contributed by atoms with Gasteiger partial charge in [0.2, 0.25) is 5.91 Å². The predicted molar refractivity (Wildman–Crippen MR) is 95.1 cm³/mol. The van der Waals surface area contributed by atoms with E-state index >= 15 is 0 Å². The number of anilines is 1. The second kappa shape index (κ2) is 7.73. The molecule has 1 heterocycles. The van der Waals surface area contributed by atoms with Crippen LogP contribution in [0.25, 0.3) is 5.57 Å². The molecular formula is C17H15ClN2OS. The summed E-state index contributed by atoms with van der Waals surface area (Å²) in [7, 11) is 0. The van der Waals surface area contributed by atoms with Crippen molar-refractivity contribution >= 4 is 46.3 Å². The normalized spacial score (nSPS) is 11.0. The molecule has 0 atom stereocenters. The fourth-order valence-electron chi connectivity index (χ4n) is 1.93. The molecule has 0 spiro atoms. The van der Waals surface area contributed by atoms with Gasteiger partial charge in [0.15, 0.2) is 0 Å². The molecule has 5 heteroatoms. The number of hydrogen-bond donors (Lipinski definition) is 2. The molecule has 0 saturated carbocycles. The van der Waals surface area contributed by atoms with E-state index in [1.54, 1.807) is 24.3 Å². The van der Waals surface area contributed by atoms with Crippen molar-refractivity contribution in [1.29, 1.82) is 5.41 Å². The molecule has 112 valence electrons. The minimum absolute atomic E-state index is 0.0946. The largest absolute Gasteiger partial charge is 0.325 e. The predicted octanol–water partition coefficient (Wildman–Crippen LogP) is 4.80. The van der Waals surface area contributed by atoms with Crippen LogP contribution < -0.4 is 5.32 Å². The maximum atomic E-state index is 12.0. The molecule has 2 N–H and O–H groups in total. The number of hydrogen-bond acceptors (Lipinski definition) is 3. The number of nitrogens with one attached hydrogen (secondary N) is 2. The zero-order chi connectivity index (χ0) is 15.9. The highest BCUT2D eigenvalue weighted by Gasteiger charge is 2.07. The van der Waals surface area contributed by atoms with Crippen LogP contribution in [0.4, 0.5) is 5.69 Å². The molecule has 0 aliphatic heterocycles. The average molecular weight is 331 g/mol. The van der Waals surface area contributed by atoms with E-state index in [0.717, 1.165) is 21.7 Å². The van der Waals surface area contributed by atoms with Crippen LogP contribution >= 0.6 is 22.9 Å². The Kier molecular flexibility index (Phi) is 5.69. The van der Waals surface area contributed by atoms with E-state index in [1.165, 1.54) is 17.6 Å². The maximum absolute atomic E-state index is 12.0. The molecule has 1 amide bonds. The SMILES string of the molecule is C=C/C(=C\C=N)c1cc(NC(=O)Cc2cccc(Cl)c2)cs1. The van der Waals surface area contributed by atoms with Gasteiger partial charge in [0.25, 0.3) is 0 Å². The number of thiophene rings is 1. The van der Waals surface area contributed by atoms with Crippen LogP contribution in [0.3, 0.4) is 0 Å². The molecule has 0 bridgehead atoms. The topological polar surface area (TPSA) is 53.0 Å². The first kappa shape index (κ1) is 16.2. The average Bonchev–Trinajstić information content (AvgIpc) is 2.92. The van der Waals surface area contributed by atoms with Gasteiger partial charge in [-0.05, 0) is 35.4 Å². The first-order chi connectivity index (χ1) is 10.6. The van der Waals surface area contributed by atoms with Gasteiger partial charge in [-0.3, -0.25) is 4.79 Å². The summed E-state index contributed by atoms with van der Waals surface area (Å²) in [4.78, 5) is 13.0. The maximum Gasteiger partial charge on any atom is 0.228 e. The van der Waals surface area contributed by atoms with Gasteiger partial charge in [0, 0.05) is 21.5 Å². The third-order valence-corrected chi connectivity index (χ3v) is 4.12. The molecule has 3 nitrogen and oxygen atoms in total. The second-order valence-electron chi connectivity index (χ2n) is 4.55. The van der Waals surface area contributed by atoms with Crippen LogP contribution in [-0.4, -0.2) is 12.1 Å². The summed E-state index contributed by atoms with van der Waals surface area (Å²) < 4.78 is 0. The Hall–Kier alpha value is -2.17. The Labute approximate surface area is 138 Å². The lowest BCUT2D eigenvalue weighted by Gasteiger charge is -2.03. The van der Waals surface area contributed by atoms with E-state index in [1.807, 2.05) is 23.6 Å². The van der Waals surface area contributed by atoms with Crippen molar-refractivity contribution in [2.45, 2.75) is 6.42 Å². The van der Waals surface area contributed by atoms with Crippen LogP contribution in [0.2, 0.25) is 5.02 Å². The second-order valence-corrected chi connectivity index (χ2v) is 5.89. The zero-order valence-corrected chi connectivity index (χ0v) is 13.4. The zero-order valence-electron chi connectivity index (χ0n) is 11.8. The van der Waals surface area contributed by atoms with Crippen molar-refractivity contribution in [3.63, 3.8) is 0 Å². The molecule has 0 unspecified atom stereocenters. The Morgan fingerprint density at radius 3 is 2.91 bits per heavy atom. The van der Waals surface area contributed by atoms with Crippen LogP contribution in [0.15, 0.2) is 54.4 Å². The van der Waals surface area contributed by atoms with Crippen molar-refractivity contribution in [3.8, 4) is 0 Å². The van der Waals surface area contributed by atoms with Gasteiger partial charge >= 0.3 is 0 Å². The Bertz CT molecular complexity index is 734. The quantitative estimate of drug-likeness (QED) is 0.580. The lowest BCUT2D eigenvalue weighted by Crippen LogP contribution is -2.13. The number of halogens is 1. The summed E-state index contributed by atoms with van der Waals surface area (Å²) in [5, 5.41) is 12.5. The first-order valence-electron chi connectivity index (χ1n) is 6.59. The van der Waals surface area contributed by atoms with Gasteiger partial charge in [-0.25, -0.2) is 0 Å². The molecule has 0 saturated heterocycles. The van der Waals surface area contributed by atoms with E-state index in [4.69, 9.17) is 17.0 Å². The van der Waals surface area contributed by atoms with Gasteiger partial charge in [-0.1, -0.05) is 36.4 Å². The van der Waals surface area contributed by atoms with Crippen LogP contribution in [0.5, 0.6) is 0 Å². The van der Waals surface area contributed by atoms with Gasteiger partial charge < -0.3 is 10.7 Å². The van der Waals surface area contributed by atoms with E-state index in [9.17, 15) is 4.79 Å². The molecule has 0 aliphatic carbocycles. The summed E-state index contributed by atoms with van der Waals surface area (Å²) >= 11 is 7.40. The Morgan fingerprint density at radius 2 is 2.23 bits per heavy atom. The van der Waals surface area contributed by atoms with E-state index in [0.29, 0.717) is 5.02 Å². The summed E-state index contributed by atoms with van der Waals surface area (Å²) in [5.74, 6) is -0.0946. The summed E-state index contributed by atoms with van der Waals surface area (Å²) in [5.41, 5.74) is 2.47. The van der Waals surface area contributed by atoms with Crippen molar-refractivity contribution in [1.82, 2.24) is 0 Å². The highest BCUT2D eigenvalue weighted by molar-refractivity contribution is 7.11. The number of amides is 1. The van der Waals surface area contributed by atoms with Crippen molar-refractivity contribution in [3.05, 3.63) is 69.9 Å². The minimum atomic E-state index is -0.0946. The standard InChI is InChI=1S/C17H15ClN2OS/c1-2-13(6-7-19)16-10-15(11-22-16)20-17(21)9-12-4-3-5-14(18)8-12/h2-8,10-11,19H,1,9H2,(H,20,21)/b13-6+,19-7?. The smallest absolute Gasteiger partial charge is 0.228 e. The molecular weight excluding hydrogens is 316 g/mol. The molecule has 0 aliphatic rings. The fraction of sp³-hybridized carbons (Fsp3) is 0.0588. The third-order valence-electron chi connectivity index (χ3n) is 2.90. The summed E-state index contributed by atoms with van der Waals surface area (Å²) in [6.07, 6.45) is 4.84. The monoisotopic (exact) mass is 330 g/mol. The lowest BCUT2D eigenvalue weighted by molar-refractivity contribution is -0.115. The van der Waals surface area contributed by atoms with Crippen molar-refractivity contribution in [2.24, 2.45) is 0 Å². The van der Waals surface area contributed by atoms with Gasteiger partial charge in [0.05, 0.1) is 12.1 Å². The van der Waals surface area contributed by atoms with Crippen molar-refractivity contribution < 1.29 is 4.79 Å². The van der Waals surface area contributed by atoms with Gasteiger partial charge in [0.1, 0.15) is 0 Å². The molecule has 2 rings (SSSR count). The molecule has 1 aromatic heterocycles. The highest BCUT2D eigenvalue weighted by atomic mass is 35.5. The van der Waals surface area contributed by atoms with Crippen molar-refractivity contribution in [2.75, 3.05) is 5.32 Å². The molecule has 2 aromatic rings. The lowest BCUT2D eigenvalue weighted by atomic mass is 10.1. The summed E-state index contributed by atoms with van der Waals surface area (Å²) in [6, 6.07) is 9.13. The fourth-order valence-corrected chi connectivity index (χ4v) is 3.01. The number of benzene rings is 1. The molecule has 22 heavy (non-hydrogen) atoms. The van der Waals surface area contributed by atoms with E-state index < -0.39 is 0 Å². The number of carbonyl (C=O) groups excluding carboxylic acids is 1. The molecule has 1 aromatic carbocycles. The number of rotatable bonds is 6.